The molecule has 1 heterocycles. The number of nitrogen functional groups attached to an aromatic ring is 1. The largest absolute Gasteiger partial charge is 0.418 e. The Hall–Kier alpha value is -1.76. The Balaban J connectivity index is 2.21. The van der Waals surface area contributed by atoms with Crippen LogP contribution >= 0.6 is 0 Å². The van der Waals surface area contributed by atoms with Gasteiger partial charge in [-0.05, 0) is 30.9 Å². The van der Waals surface area contributed by atoms with Crippen LogP contribution in [0.5, 0.6) is 0 Å². The van der Waals surface area contributed by atoms with E-state index in [2.05, 4.69) is 0 Å². The van der Waals surface area contributed by atoms with Crippen molar-refractivity contribution in [3.05, 3.63) is 29.3 Å². The Morgan fingerprint density at radius 3 is 2.76 bits per heavy atom. The van der Waals surface area contributed by atoms with Crippen LogP contribution in [0.15, 0.2) is 18.2 Å². The number of carbonyl (C=O) groups excluding carboxylic acids is 1. The number of halogens is 3. The molecule has 1 unspecified atom stereocenters. The topological polar surface area (TPSA) is 66.6 Å². The number of benzene rings is 1. The molecule has 1 aliphatic heterocycles. The van der Waals surface area contributed by atoms with Crippen molar-refractivity contribution in [2.24, 2.45) is 5.92 Å². The van der Waals surface area contributed by atoms with E-state index >= 15 is 0 Å². The summed E-state index contributed by atoms with van der Waals surface area (Å²) in [6.45, 7) is 0.951. The molecule has 3 N–H and O–H groups in total. The maximum atomic E-state index is 12.8. The van der Waals surface area contributed by atoms with Crippen molar-refractivity contribution in [2.75, 3.05) is 25.4 Å². The number of amides is 1. The van der Waals surface area contributed by atoms with Crippen LogP contribution < -0.4 is 5.73 Å². The number of rotatable bonds is 3. The van der Waals surface area contributed by atoms with Crippen molar-refractivity contribution >= 4 is 11.6 Å². The van der Waals surface area contributed by atoms with Gasteiger partial charge in [-0.3, -0.25) is 4.79 Å². The van der Waals surface area contributed by atoms with E-state index in [9.17, 15) is 18.0 Å². The van der Waals surface area contributed by atoms with Gasteiger partial charge in [-0.2, -0.15) is 13.2 Å². The molecule has 4 nitrogen and oxygen atoms in total. The van der Waals surface area contributed by atoms with Gasteiger partial charge in [-0.25, -0.2) is 0 Å². The van der Waals surface area contributed by atoms with Crippen LogP contribution in [0.2, 0.25) is 0 Å². The summed E-state index contributed by atoms with van der Waals surface area (Å²) in [5, 5.41) is 8.89. The van der Waals surface area contributed by atoms with Crippen LogP contribution in [0.4, 0.5) is 18.9 Å². The Bertz CT molecular complexity index is 531. The number of hydrogen-bond acceptors (Lipinski definition) is 3. The lowest BCUT2D eigenvalue weighted by atomic mass is 10.1. The van der Waals surface area contributed by atoms with Crippen molar-refractivity contribution < 1.29 is 23.1 Å². The number of para-hydroxylation sites is 1. The van der Waals surface area contributed by atoms with E-state index in [0.29, 0.717) is 19.5 Å². The predicted molar refractivity (Wildman–Crippen MR) is 71.6 cm³/mol. The summed E-state index contributed by atoms with van der Waals surface area (Å²) in [5.41, 5.74) is 3.89. The highest BCUT2D eigenvalue weighted by molar-refractivity contribution is 6.00. The lowest BCUT2D eigenvalue weighted by Crippen LogP contribution is -2.30. The van der Waals surface area contributed by atoms with Gasteiger partial charge in [0.1, 0.15) is 0 Å². The molecule has 0 aromatic heterocycles. The lowest BCUT2D eigenvalue weighted by Gasteiger charge is -2.19. The Morgan fingerprint density at radius 2 is 2.14 bits per heavy atom. The van der Waals surface area contributed by atoms with Gasteiger partial charge in [0.05, 0.1) is 16.8 Å². The molecule has 0 radical (unpaired) electrons. The SMILES string of the molecule is Nc1c(C(=O)N2CCC(CCO)C2)cccc1C(F)(F)F. The summed E-state index contributed by atoms with van der Waals surface area (Å²) in [4.78, 5) is 13.8. The van der Waals surface area contributed by atoms with Crippen LogP contribution in [0, 0.1) is 5.92 Å². The average molecular weight is 302 g/mol. The summed E-state index contributed by atoms with van der Waals surface area (Å²) >= 11 is 0. The molecule has 2 rings (SSSR count). The Kier molecular flexibility index (Phi) is 4.41. The number of alkyl halides is 3. The van der Waals surface area contributed by atoms with Gasteiger partial charge >= 0.3 is 6.18 Å². The van der Waals surface area contributed by atoms with Crippen LogP contribution in [-0.2, 0) is 6.18 Å². The minimum absolute atomic E-state index is 0.0401. The molecular weight excluding hydrogens is 285 g/mol. The fourth-order valence-electron chi connectivity index (χ4n) is 2.60. The van der Waals surface area contributed by atoms with Crippen molar-refractivity contribution in [3.63, 3.8) is 0 Å². The summed E-state index contributed by atoms with van der Waals surface area (Å²) in [6, 6.07) is 3.37. The van der Waals surface area contributed by atoms with E-state index in [1.807, 2.05) is 0 Å². The minimum atomic E-state index is -4.58. The highest BCUT2D eigenvalue weighted by Crippen LogP contribution is 2.35. The molecule has 7 heteroatoms. The normalized spacial score (nSPS) is 19.0. The zero-order chi connectivity index (χ0) is 15.6. The minimum Gasteiger partial charge on any atom is -0.398 e. The lowest BCUT2D eigenvalue weighted by molar-refractivity contribution is -0.136. The van der Waals surface area contributed by atoms with E-state index in [1.54, 1.807) is 0 Å². The molecule has 0 saturated carbocycles. The van der Waals surface area contributed by atoms with Crippen LogP contribution in [-0.4, -0.2) is 35.6 Å². The molecule has 1 atom stereocenters. The highest BCUT2D eigenvalue weighted by Gasteiger charge is 2.35. The van der Waals surface area contributed by atoms with Crippen LogP contribution in [0.1, 0.15) is 28.8 Å². The van der Waals surface area contributed by atoms with Gasteiger partial charge in [-0.1, -0.05) is 6.07 Å². The van der Waals surface area contributed by atoms with Gasteiger partial charge in [0.2, 0.25) is 0 Å². The van der Waals surface area contributed by atoms with Gasteiger partial charge in [0, 0.05) is 19.7 Å². The number of nitrogens with zero attached hydrogens (tertiary/aromatic N) is 1. The van der Waals surface area contributed by atoms with Crippen LogP contribution in [0.25, 0.3) is 0 Å². The van der Waals surface area contributed by atoms with E-state index < -0.39 is 23.3 Å². The second kappa shape index (κ2) is 5.93. The summed E-state index contributed by atoms with van der Waals surface area (Å²) in [6.07, 6.45) is -3.25. The van der Waals surface area contributed by atoms with Crippen molar-refractivity contribution in [1.29, 1.82) is 0 Å². The van der Waals surface area contributed by atoms with Gasteiger partial charge < -0.3 is 15.7 Å². The first kappa shape index (κ1) is 15.6. The molecule has 1 amide bonds. The average Bonchev–Trinajstić information content (AvgIpc) is 2.86. The monoisotopic (exact) mass is 302 g/mol. The molecule has 0 spiro atoms. The molecule has 1 aromatic carbocycles. The molecule has 1 fully saturated rings. The maximum Gasteiger partial charge on any atom is 0.418 e. The van der Waals surface area contributed by atoms with Gasteiger partial charge in [0.25, 0.3) is 5.91 Å². The second-order valence-corrected chi connectivity index (χ2v) is 5.18. The number of aliphatic hydroxyl groups is 1. The van der Waals surface area contributed by atoms with E-state index in [-0.39, 0.29) is 18.1 Å². The molecular formula is C14H17F3N2O2. The number of carbonyl (C=O) groups is 1. The number of hydrogen-bond donors (Lipinski definition) is 2. The van der Waals surface area contributed by atoms with Gasteiger partial charge in [0.15, 0.2) is 0 Å². The molecule has 21 heavy (non-hydrogen) atoms. The zero-order valence-electron chi connectivity index (χ0n) is 11.4. The zero-order valence-corrected chi connectivity index (χ0v) is 11.4. The molecule has 0 bridgehead atoms. The first-order valence-corrected chi connectivity index (χ1v) is 6.70. The molecule has 1 saturated heterocycles. The van der Waals surface area contributed by atoms with E-state index in [0.717, 1.165) is 12.5 Å². The van der Waals surface area contributed by atoms with Crippen molar-refractivity contribution in [3.8, 4) is 0 Å². The maximum absolute atomic E-state index is 12.8. The third-order valence-corrected chi connectivity index (χ3v) is 3.75. The third kappa shape index (κ3) is 3.29. The summed E-state index contributed by atoms with van der Waals surface area (Å²) in [5.74, 6) is -0.301. The summed E-state index contributed by atoms with van der Waals surface area (Å²) in [7, 11) is 0. The molecule has 116 valence electrons. The third-order valence-electron chi connectivity index (χ3n) is 3.75. The van der Waals surface area contributed by atoms with Crippen LogP contribution in [0.3, 0.4) is 0 Å². The van der Waals surface area contributed by atoms with Crippen molar-refractivity contribution in [2.45, 2.75) is 19.0 Å². The summed E-state index contributed by atoms with van der Waals surface area (Å²) < 4.78 is 38.4. The fourth-order valence-corrected chi connectivity index (χ4v) is 2.60. The van der Waals surface area contributed by atoms with E-state index in [4.69, 9.17) is 10.8 Å². The quantitative estimate of drug-likeness (QED) is 0.841. The fraction of sp³-hybridized carbons (Fsp3) is 0.500. The molecule has 1 aliphatic rings. The van der Waals surface area contributed by atoms with Gasteiger partial charge in [-0.15, -0.1) is 0 Å². The smallest absolute Gasteiger partial charge is 0.398 e. The second-order valence-electron chi connectivity index (χ2n) is 5.18. The Labute approximate surface area is 120 Å². The first-order chi connectivity index (χ1) is 9.84. The standard InChI is InChI=1S/C14H17F3N2O2/c15-14(16,17)11-3-1-2-10(12(11)18)13(21)19-6-4-9(8-19)5-7-20/h1-3,9,20H,4-8,18H2. The van der Waals surface area contributed by atoms with E-state index in [1.165, 1.54) is 17.0 Å². The number of anilines is 1. The molecule has 0 aliphatic carbocycles. The number of aliphatic hydroxyl groups excluding tert-OH is 1. The first-order valence-electron chi connectivity index (χ1n) is 6.70. The number of likely N-dealkylation sites (tertiary alicyclic amines) is 1. The highest BCUT2D eigenvalue weighted by atomic mass is 19.4. The predicted octanol–water partition coefficient (Wildman–Crippen LogP) is 2.13. The number of nitrogens with two attached hydrogens (primary N) is 1. The molecule has 1 aromatic rings. The Morgan fingerprint density at radius 1 is 1.43 bits per heavy atom. The van der Waals surface area contributed by atoms with Crippen molar-refractivity contribution in [1.82, 2.24) is 4.90 Å².